The molecule has 21 heavy (non-hydrogen) atoms. The van der Waals surface area contributed by atoms with Crippen LogP contribution >= 0.6 is 0 Å². The number of carbonyl (C=O) groups excluding carboxylic acids is 1. The molecule has 0 aliphatic heterocycles. The van der Waals surface area contributed by atoms with Crippen LogP contribution in [0.5, 0.6) is 0 Å². The van der Waals surface area contributed by atoms with Crippen LogP contribution in [0, 0.1) is 6.92 Å². The lowest BCUT2D eigenvalue weighted by Crippen LogP contribution is -2.27. The van der Waals surface area contributed by atoms with Gasteiger partial charge in [-0.15, -0.1) is 0 Å². The zero-order chi connectivity index (χ0) is 15.4. The number of pyridine rings is 1. The first-order valence-electron chi connectivity index (χ1n) is 6.79. The first-order valence-corrected chi connectivity index (χ1v) is 6.79. The predicted octanol–water partition coefficient (Wildman–Crippen LogP) is 1.40. The van der Waals surface area contributed by atoms with E-state index in [0.717, 1.165) is 23.8 Å². The van der Waals surface area contributed by atoms with Gasteiger partial charge in [0, 0.05) is 12.2 Å². The number of carbonyl (C=O) groups is 1. The summed E-state index contributed by atoms with van der Waals surface area (Å²) in [6, 6.07) is 7.03. The molecule has 2 aromatic heterocycles. The number of nitrogens with two attached hydrogens (primary N) is 1. The number of furan rings is 1. The highest BCUT2D eigenvalue weighted by molar-refractivity contribution is 5.92. The zero-order valence-electron chi connectivity index (χ0n) is 12.2. The summed E-state index contributed by atoms with van der Waals surface area (Å²) in [5.74, 6) is 1.03. The Balaban J connectivity index is 2.09. The highest BCUT2D eigenvalue weighted by Gasteiger charge is 2.11. The van der Waals surface area contributed by atoms with E-state index in [-0.39, 0.29) is 5.56 Å². The van der Waals surface area contributed by atoms with Crippen LogP contribution in [-0.2, 0) is 13.1 Å². The molecule has 6 heteroatoms. The minimum Gasteiger partial charge on any atom is -0.465 e. The summed E-state index contributed by atoms with van der Waals surface area (Å²) in [5.41, 5.74) is 5.37. The fourth-order valence-electron chi connectivity index (χ4n) is 2.11. The molecule has 2 aromatic rings. The molecule has 0 spiro atoms. The maximum absolute atomic E-state index is 11.7. The first kappa shape index (κ1) is 15.1. The van der Waals surface area contributed by atoms with Crippen molar-refractivity contribution in [1.29, 1.82) is 0 Å². The van der Waals surface area contributed by atoms with E-state index in [0.29, 0.717) is 13.1 Å². The van der Waals surface area contributed by atoms with Crippen molar-refractivity contribution in [2.24, 2.45) is 5.73 Å². The molecule has 1 amide bonds. The molecule has 2 rings (SSSR count). The molecule has 0 atom stereocenters. The molecule has 3 N–H and O–H groups in total. The van der Waals surface area contributed by atoms with Crippen LogP contribution in [0.25, 0.3) is 0 Å². The minimum atomic E-state index is -0.721. The van der Waals surface area contributed by atoms with Gasteiger partial charge in [0.25, 0.3) is 11.5 Å². The fourth-order valence-corrected chi connectivity index (χ4v) is 2.11. The molecule has 0 fully saturated rings. The average Bonchev–Trinajstić information content (AvgIpc) is 2.83. The fraction of sp³-hybridized carbons (Fsp3) is 0.333. The van der Waals surface area contributed by atoms with Crippen molar-refractivity contribution in [3.63, 3.8) is 0 Å². The van der Waals surface area contributed by atoms with Gasteiger partial charge in [-0.3, -0.25) is 14.5 Å². The molecular formula is C15H19N3O3. The van der Waals surface area contributed by atoms with Crippen molar-refractivity contribution in [1.82, 2.24) is 9.88 Å². The number of primary amides is 1. The second kappa shape index (κ2) is 6.41. The SMILES string of the molecule is CCN(Cc1ccc(C(N)=O)c(=O)[nH]1)Cc1ccc(C)o1. The van der Waals surface area contributed by atoms with E-state index >= 15 is 0 Å². The lowest BCUT2D eigenvalue weighted by molar-refractivity contribution is 0.0999. The number of rotatable bonds is 6. The van der Waals surface area contributed by atoms with Crippen molar-refractivity contribution in [2.45, 2.75) is 26.9 Å². The maximum Gasteiger partial charge on any atom is 0.261 e. The van der Waals surface area contributed by atoms with Crippen molar-refractivity contribution in [3.05, 3.63) is 57.4 Å². The first-order chi connectivity index (χ1) is 9.99. The molecule has 0 radical (unpaired) electrons. The summed E-state index contributed by atoms with van der Waals surface area (Å²) in [5, 5.41) is 0. The highest BCUT2D eigenvalue weighted by Crippen LogP contribution is 2.11. The van der Waals surface area contributed by atoms with Crippen molar-refractivity contribution < 1.29 is 9.21 Å². The second-order valence-corrected chi connectivity index (χ2v) is 4.91. The quantitative estimate of drug-likeness (QED) is 0.840. The Hall–Kier alpha value is -2.34. The van der Waals surface area contributed by atoms with Crippen LogP contribution in [0.1, 0.15) is 34.5 Å². The average molecular weight is 289 g/mol. The van der Waals surface area contributed by atoms with Crippen LogP contribution < -0.4 is 11.3 Å². The van der Waals surface area contributed by atoms with Gasteiger partial charge in [-0.25, -0.2) is 0 Å². The number of nitrogens with one attached hydrogen (secondary N) is 1. The normalized spacial score (nSPS) is 11.0. The minimum absolute atomic E-state index is 0.0246. The van der Waals surface area contributed by atoms with Gasteiger partial charge in [0.2, 0.25) is 0 Å². The number of nitrogens with zero attached hydrogens (tertiary/aromatic N) is 1. The van der Waals surface area contributed by atoms with Crippen LogP contribution in [-0.4, -0.2) is 22.3 Å². The summed E-state index contributed by atoms with van der Waals surface area (Å²) < 4.78 is 5.55. The standard InChI is InChI=1S/C15H19N3O3/c1-3-18(9-12-6-4-10(2)21-12)8-11-5-7-13(14(16)19)15(20)17-11/h4-7H,3,8-9H2,1-2H3,(H2,16,19)(H,17,20). The summed E-state index contributed by atoms with van der Waals surface area (Å²) in [6.45, 7) is 5.96. The Morgan fingerprint density at radius 3 is 2.57 bits per heavy atom. The Bertz CT molecular complexity index is 687. The van der Waals surface area contributed by atoms with E-state index < -0.39 is 11.5 Å². The third-order valence-corrected chi connectivity index (χ3v) is 3.25. The lowest BCUT2D eigenvalue weighted by Gasteiger charge is -2.19. The van der Waals surface area contributed by atoms with Gasteiger partial charge in [-0.05, 0) is 37.7 Å². The highest BCUT2D eigenvalue weighted by atomic mass is 16.3. The second-order valence-electron chi connectivity index (χ2n) is 4.91. The number of aryl methyl sites for hydroxylation is 1. The predicted molar refractivity (Wildman–Crippen MR) is 78.8 cm³/mol. The van der Waals surface area contributed by atoms with E-state index in [1.165, 1.54) is 6.07 Å². The van der Waals surface area contributed by atoms with Crippen LogP contribution in [0.4, 0.5) is 0 Å². The van der Waals surface area contributed by atoms with E-state index in [4.69, 9.17) is 10.2 Å². The van der Waals surface area contributed by atoms with Gasteiger partial charge < -0.3 is 15.1 Å². The van der Waals surface area contributed by atoms with Crippen molar-refractivity contribution in [2.75, 3.05) is 6.54 Å². The van der Waals surface area contributed by atoms with Crippen molar-refractivity contribution >= 4 is 5.91 Å². The van der Waals surface area contributed by atoms with Crippen molar-refractivity contribution in [3.8, 4) is 0 Å². The molecular weight excluding hydrogens is 270 g/mol. The Kier molecular flexibility index (Phi) is 4.59. The smallest absolute Gasteiger partial charge is 0.261 e. The molecule has 0 saturated carbocycles. The van der Waals surface area contributed by atoms with E-state index in [1.807, 2.05) is 26.0 Å². The number of H-pyrrole nitrogens is 1. The van der Waals surface area contributed by atoms with Gasteiger partial charge in [0.15, 0.2) is 0 Å². The number of aromatic amines is 1. The third kappa shape index (κ3) is 3.82. The van der Waals surface area contributed by atoms with Crippen LogP contribution in [0.3, 0.4) is 0 Å². The molecule has 6 nitrogen and oxygen atoms in total. The summed E-state index contributed by atoms with van der Waals surface area (Å²) in [6.07, 6.45) is 0. The lowest BCUT2D eigenvalue weighted by atomic mass is 10.2. The number of aromatic nitrogens is 1. The molecule has 0 unspecified atom stereocenters. The topological polar surface area (TPSA) is 92.3 Å². The number of hydrogen-bond donors (Lipinski definition) is 2. The van der Waals surface area contributed by atoms with Gasteiger partial charge in [0.05, 0.1) is 6.54 Å². The Morgan fingerprint density at radius 1 is 1.29 bits per heavy atom. The molecule has 0 aliphatic rings. The van der Waals surface area contributed by atoms with Gasteiger partial charge in [-0.1, -0.05) is 6.92 Å². The van der Waals surface area contributed by atoms with Gasteiger partial charge >= 0.3 is 0 Å². The summed E-state index contributed by atoms with van der Waals surface area (Å²) in [4.78, 5) is 27.6. The molecule has 0 saturated heterocycles. The zero-order valence-corrected chi connectivity index (χ0v) is 12.2. The van der Waals surface area contributed by atoms with Crippen LogP contribution in [0.15, 0.2) is 33.5 Å². The van der Waals surface area contributed by atoms with E-state index in [9.17, 15) is 9.59 Å². The maximum atomic E-state index is 11.7. The summed E-state index contributed by atoms with van der Waals surface area (Å²) >= 11 is 0. The largest absolute Gasteiger partial charge is 0.465 e. The molecule has 112 valence electrons. The molecule has 2 heterocycles. The van der Waals surface area contributed by atoms with E-state index in [1.54, 1.807) is 6.07 Å². The molecule has 0 aliphatic carbocycles. The molecule has 0 aromatic carbocycles. The van der Waals surface area contributed by atoms with E-state index in [2.05, 4.69) is 9.88 Å². The number of hydrogen-bond acceptors (Lipinski definition) is 4. The van der Waals surface area contributed by atoms with Gasteiger partial charge in [0.1, 0.15) is 17.1 Å². The monoisotopic (exact) mass is 289 g/mol. The van der Waals surface area contributed by atoms with Gasteiger partial charge in [-0.2, -0.15) is 0 Å². The Labute approximate surface area is 122 Å². The van der Waals surface area contributed by atoms with Crippen LogP contribution in [0.2, 0.25) is 0 Å². The number of amides is 1. The molecule has 0 bridgehead atoms. The Morgan fingerprint density at radius 2 is 2.05 bits per heavy atom. The summed E-state index contributed by atoms with van der Waals surface area (Å²) in [7, 11) is 0. The third-order valence-electron chi connectivity index (χ3n) is 3.25.